The molecule has 2 aliphatic carbocycles. The Kier molecular flexibility index (Phi) is 13.2. The van der Waals surface area contributed by atoms with Crippen LogP contribution in [-0.2, 0) is 24.1 Å². The molecule has 85 heavy (non-hydrogen) atoms. The number of carbonyl (C=O) groups is 3. The van der Waals surface area contributed by atoms with Crippen LogP contribution < -0.4 is 19.9 Å². The number of aromatic nitrogens is 1. The van der Waals surface area contributed by atoms with Crippen LogP contribution in [-0.4, -0.2) is 29.7 Å². The summed E-state index contributed by atoms with van der Waals surface area (Å²) in [6, 6.07) is 65.4. The summed E-state index contributed by atoms with van der Waals surface area (Å²) in [5.74, 6) is -0.809. The van der Waals surface area contributed by atoms with Crippen molar-refractivity contribution in [3.8, 4) is 28.1 Å². The molecule has 1 radical (unpaired) electrons. The van der Waals surface area contributed by atoms with E-state index in [-0.39, 0.29) is 6.42 Å². The van der Waals surface area contributed by atoms with Gasteiger partial charge in [0.15, 0.2) is 0 Å². The molecule has 9 aromatic carbocycles. The van der Waals surface area contributed by atoms with Gasteiger partial charge < -0.3 is 28.1 Å². The molecule has 0 spiro atoms. The molecule has 3 heterocycles. The van der Waals surface area contributed by atoms with Gasteiger partial charge in [0.05, 0.1) is 11.4 Å². The Hall–Kier alpha value is -10.1. The van der Waals surface area contributed by atoms with Crippen molar-refractivity contribution in [2.75, 3.05) is 9.80 Å². The first-order valence-corrected chi connectivity index (χ1v) is 28.9. The van der Waals surface area contributed by atoms with Crippen LogP contribution >= 0.6 is 0 Å². The second-order valence-electron chi connectivity index (χ2n) is 22.5. The predicted molar refractivity (Wildman–Crippen MR) is 337 cm³/mol. The molecule has 2 amide bonds. The maximum atomic E-state index is 15.9. The van der Waals surface area contributed by atoms with E-state index in [1.54, 1.807) is 18.2 Å². The molecular weight excluding hydrogens is 1060 g/mol. The predicted octanol–water partition coefficient (Wildman–Crippen LogP) is 17.1. The van der Waals surface area contributed by atoms with E-state index < -0.39 is 25.2 Å². The van der Waals surface area contributed by atoms with Crippen LogP contribution in [0, 0.1) is 20.8 Å². The number of halogens is 2. The van der Waals surface area contributed by atoms with Crippen LogP contribution in [0.5, 0.6) is 5.75 Å². The van der Waals surface area contributed by atoms with E-state index in [4.69, 9.17) is 4.74 Å². The van der Waals surface area contributed by atoms with Crippen molar-refractivity contribution in [2.45, 2.75) is 59.8 Å². The van der Waals surface area contributed by atoms with Crippen molar-refractivity contribution in [1.29, 1.82) is 0 Å². The highest BCUT2D eigenvalue weighted by Gasteiger charge is 2.37. The molecule has 14 rings (SSSR count). The normalized spacial score (nSPS) is 14.5. The first-order valence-electron chi connectivity index (χ1n) is 28.9. The van der Waals surface area contributed by atoms with E-state index in [1.807, 2.05) is 148 Å². The van der Waals surface area contributed by atoms with Crippen molar-refractivity contribution >= 4 is 69.9 Å². The third kappa shape index (κ3) is 9.00. The van der Waals surface area contributed by atoms with Crippen molar-refractivity contribution in [1.82, 2.24) is 9.79 Å². The van der Waals surface area contributed by atoms with Gasteiger partial charge in [-0.3, -0.25) is 14.4 Å². The van der Waals surface area contributed by atoms with Gasteiger partial charge in [0, 0.05) is 75.2 Å². The number of esters is 1. The van der Waals surface area contributed by atoms with Crippen LogP contribution in [0.25, 0.3) is 44.3 Å². The second kappa shape index (κ2) is 21.3. The molecule has 0 fully saturated rings. The largest absolute Gasteiger partial charge is 0.484 e. The lowest BCUT2D eigenvalue weighted by Crippen LogP contribution is -2.40. The highest BCUT2D eigenvalue weighted by molar-refractivity contribution is 6.42. The first-order chi connectivity index (χ1) is 41.4. The zero-order valence-corrected chi connectivity index (χ0v) is 47.5. The minimum atomic E-state index is -2.82. The Morgan fingerprint density at radius 3 is 1.88 bits per heavy atom. The quantitative estimate of drug-likeness (QED) is 0.0536. The summed E-state index contributed by atoms with van der Waals surface area (Å²) in [7, 11) is -2.82. The summed E-state index contributed by atoms with van der Waals surface area (Å²) in [4.78, 5) is 45.8. The molecule has 1 N–H and O–H groups in total. The fourth-order valence-corrected chi connectivity index (χ4v) is 13.6. The lowest BCUT2D eigenvalue weighted by atomic mass is 9.85. The maximum Gasteiger partial charge on any atom is 0.341 e. The van der Waals surface area contributed by atoms with Gasteiger partial charge in [-0.1, -0.05) is 127 Å². The van der Waals surface area contributed by atoms with Crippen LogP contribution in [0.1, 0.15) is 96.2 Å². The van der Waals surface area contributed by atoms with Gasteiger partial charge in [0.25, 0.3) is 11.8 Å². The first kappa shape index (κ1) is 52.9. The summed E-state index contributed by atoms with van der Waals surface area (Å²) < 4.78 is 39.1. The molecule has 10 aromatic rings. The fourth-order valence-electron chi connectivity index (χ4n) is 13.6. The number of amides is 2. The lowest BCUT2D eigenvalue weighted by molar-refractivity contribution is -0.134. The molecule has 0 atom stereocenters. The van der Waals surface area contributed by atoms with Crippen LogP contribution in [0.4, 0.5) is 31.4 Å². The van der Waals surface area contributed by atoms with Crippen molar-refractivity contribution in [3.05, 3.63) is 290 Å². The molecule has 1 aromatic heterocycles. The topological polar surface area (TPSA) is 83.9 Å². The summed E-state index contributed by atoms with van der Waals surface area (Å²) in [5.41, 5.74) is 21.3. The molecule has 2 aliphatic heterocycles. The standard InChI is InChI=1S/C74H57BF2N4O4/c1-44-39-56(40-45(2)67(44)69(70-46(3)63-41-50-18-11-13-24-57(50)65(63)43-78-70)71-47(4)64-42-51-19-12-14-25-59(51)72(64)81(71)75(76)77)85-66(82)28-15-17-48-29-33-55(34-30-48)80-73(83)61-27-16-26-60-58(37-38-62(68(60)61)74(80)84)49-31-35-54(36-32-49)79(52-20-7-5-8-21-52)53-22-9-6-10-23-53/h5-14,16,18-27,29-40,43,78H,15,17,28,41-42H2,1-4H3/q-1/b70-69-. The SMILES string of the molecule is CC1=C2Cc3ccccc3C2=CN/C1=C(/c1c(C)cc(OC(=O)CCCc2ccc(N3C(=O)c4cccc5c(-c6ccc(N(c7ccccc7)c7ccccc7)cc6)ccc(c45)C3=O)cc2)cc1C)c1c(C)c2c(n1[B-](F)F)-c1ccccc1C2. The van der Waals surface area contributed by atoms with Gasteiger partial charge >= 0.3 is 13.4 Å². The maximum absolute atomic E-state index is 15.9. The number of nitrogens with zero attached hydrogens (tertiary/aromatic N) is 3. The number of ether oxygens (including phenoxy) is 1. The molecule has 4 aliphatic rings. The number of dihydropyridines is 1. The minimum absolute atomic E-state index is 0.134. The number of hydrogen-bond donors (Lipinski definition) is 1. The molecule has 0 saturated carbocycles. The molecule has 0 bridgehead atoms. The molecule has 11 heteroatoms. The molecule has 8 nitrogen and oxygen atoms in total. The number of aryl methyl sites for hydroxylation is 3. The summed E-state index contributed by atoms with van der Waals surface area (Å²) in [5, 5.41) is 5.09. The third-order valence-corrected chi connectivity index (χ3v) is 17.5. The Labute approximate surface area is 492 Å². The zero-order chi connectivity index (χ0) is 58.2. The van der Waals surface area contributed by atoms with E-state index in [1.165, 1.54) is 20.5 Å². The second-order valence-corrected chi connectivity index (χ2v) is 22.5. The fraction of sp³-hybridized carbons (Fsp3) is 0.122. The number of fused-ring (bicyclic) bond motifs is 6. The molecule has 0 unspecified atom stereocenters. The summed E-state index contributed by atoms with van der Waals surface area (Å²) >= 11 is 0. The number of anilines is 4. The highest BCUT2D eigenvalue weighted by Crippen LogP contribution is 2.50. The van der Waals surface area contributed by atoms with Crippen LogP contribution in [0.2, 0.25) is 0 Å². The Morgan fingerprint density at radius 2 is 1.21 bits per heavy atom. The van der Waals surface area contributed by atoms with Gasteiger partial charge in [-0.2, -0.15) is 0 Å². The van der Waals surface area contributed by atoms with Gasteiger partial charge in [0.1, 0.15) is 5.75 Å². The monoisotopic (exact) mass is 1110 g/mol. The molecule has 0 saturated heterocycles. The Balaban J connectivity index is 0.681. The number of imide groups is 1. The third-order valence-electron chi connectivity index (χ3n) is 17.5. The smallest absolute Gasteiger partial charge is 0.341 e. The number of para-hydroxylation sites is 2. The van der Waals surface area contributed by atoms with Crippen LogP contribution in [0.3, 0.4) is 0 Å². The molecule has 415 valence electrons. The van der Waals surface area contributed by atoms with E-state index in [0.29, 0.717) is 64.2 Å². The number of carbonyl (C=O) groups excluding carboxylic acids is 3. The van der Waals surface area contributed by atoms with Gasteiger partial charge in [-0.15, -0.1) is 0 Å². The number of allylic oxidation sites excluding steroid dienone is 3. The van der Waals surface area contributed by atoms with E-state index in [0.717, 1.165) is 107 Å². The highest BCUT2D eigenvalue weighted by atomic mass is 19.2. The van der Waals surface area contributed by atoms with Crippen molar-refractivity contribution in [2.24, 2.45) is 0 Å². The average molecular weight is 1120 g/mol. The van der Waals surface area contributed by atoms with Gasteiger partial charge in [-0.05, 0) is 203 Å². The van der Waals surface area contributed by atoms with Crippen molar-refractivity contribution in [3.63, 3.8) is 0 Å². The number of rotatable bonds is 13. The van der Waals surface area contributed by atoms with E-state index in [9.17, 15) is 14.4 Å². The Morgan fingerprint density at radius 1 is 0.624 bits per heavy atom. The van der Waals surface area contributed by atoms with Crippen molar-refractivity contribution < 1.29 is 27.8 Å². The zero-order valence-electron chi connectivity index (χ0n) is 47.5. The van der Waals surface area contributed by atoms with Gasteiger partial charge in [0.2, 0.25) is 0 Å². The van der Waals surface area contributed by atoms with Gasteiger partial charge in [-0.25, -0.2) is 4.90 Å². The number of nitrogens with one attached hydrogen (secondary N) is 1. The molecular formula is C74H57BF2N4O4-. The van der Waals surface area contributed by atoms with E-state index in [2.05, 4.69) is 77.8 Å². The lowest BCUT2D eigenvalue weighted by Gasteiger charge is -2.30. The summed E-state index contributed by atoms with van der Waals surface area (Å²) in [6.45, 7) is 7.94. The minimum Gasteiger partial charge on any atom is -0.484 e. The Bertz CT molecular complexity index is 4440. The number of benzene rings is 9. The summed E-state index contributed by atoms with van der Waals surface area (Å²) in [6.07, 6.45) is 4.49. The van der Waals surface area contributed by atoms with Crippen LogP contribution in [0.15, 0.2) is 223 Å². The number of hydrogen-bond acceptors (Lipinski definition) is 6. The van der Waals surface area contributed by atoms with E-state index >= 15 is 8.63 Å². The average Bonchev–Trinajstić information content (AvgIpc) is 1.84.